The van der Waals surface area contributed by atoms with Crippen molar-refractivity contribution in [3.63, 3.8) is 0 Å². The van der Waals surface area contributed by atoms with Gasteiger partial charge in [-0.1, -0.05) is 103 Å². The second-order valence-electron chi connectivity index (χ2n) is 8.61. The molecule has 1 aromatic heterocycles. The normalized spacial score (nSPS) is 15.6. The summed E-state index contributed by atoms with van der Waals surface area (Å²) in [6, 6.07) is 17.4. The van der Waals surface area contributed by atoms with Gasteiger partial charge in [-0.15, -0.1) is 0 Å². The quantitative estimate of drug-likeness (QED) is 0.178. The van der Waals surface area contributed by atoms with Crippen LogP contribution >= 0.6 is 0 Å². The molecule has 8 rings (SSSR count). The van der Waals surface area contributed by atoms with Gasteiger partial charge in [-0.2, -0.15) is 0 Å². The summed E-state index contributed by atoms with van der Waals surface area (Å²) in [5.41, 5.74) is 1.99. The molecule has 1 heterocycles. The Morgan fingerprint density at radius 1 is 0.543 bits per heavy atom. The van der Waals surface area contributed by atoms with Gasteiger partial charge in [-0.05, 0) is 67.0 Å². The van der Waals surface area contributed by atoms with Crippen molar-refractivity contribution in [2.75, 3.05) is 0 Å². The molecule has 0 aliphatic carbocycles. The zero-order valence-electron chi connectivity index (χ0n) is 27.3. The van der Waals surface area contributed by atoms with Crippen molar-refractivity contribution in [3.05, 3.63) is 121 Å². The van der Waals surface area contributed by atoms with Crippen LogP contribution in [0.1, 0.15) is 12.3 Å². The summed E-state index contributed by atoms with van der Waals surface area (Å²) < 4.78 is 84.0. The van der Waals surface area contributed by atoms with Gasteiger partial charge >= 0.3 is 0 Å². The molecule has 0 saturated carbocycles. The number of hydrogen-bond donors (Lipinski definition) is 0. The Kier molecular flexibility index (Phi) is 2.42. The summed E-state index contributed by atoms with van der Waals surface area (Å²) in [5, 5.41) is 5.47. The van der Waals surface area contributed by atoms with Crippen LogP contribution in [0.4, 0.5) is 0 Å². The van der Waals surface area contributed by atoms with Crippen molar-refractivity contribution in [1.29, 1.82) is 0 Å². The lowest BCUT2D eigenvalue weighted by molar-refractivity contribution is 0.673. The molecule has 0 bridgehead atoms. The summed E-state index contributed by atoms with van der Waals surface area (Å²) in [6.45, 7) is 0. The molecule has 0 spiro atoms. The number of rotatable bonds is 1. The van der Waals surface area contributed by atoms with Crippen molar-refractivity contribution in [2.45, 2.75) is 0 Å². The second-order valence-corrected chi connectivity index (χ2v) is 8.61. The summed E-state index contributed by atoms with van der Waals surface area (Å²) >= 11 is 0. The predicted octanol–water partition coefficient (Wildman–Crippen LogP) is 9.87. The van der Waals surface area contributed by atoms with Crippen molar-refractivity contribution in [3.8, 4) is 11.1 Å². The highest BCUT2D eigenvalue weighted by Gasteiger charge is 2.17. The van der Waals surface area contributed by atoms with E-state index in [0.717, 1.165) is 32.3 Å². The molecule has 7 aromatic carbocycles. The van der Waals surface area contributed by atoms with Gasteiger partial charge in [0.15, 0.2) is 0 Å². The lowest BCUT2D eigenvalue weighted by Crippen LogP contribution is -1.85. The van der Waals surface area contributed by atoms with Crippen LogP contribution < -0.4 is 0 Å². The Bertz CT molecular complexity index is 2520. The van der Waals surface area contributed by atoms with Crippen molar-refractivity contribution >= 4 is 65.0 Å². The number of furan rings is 1. The van der Waals surface area contributed by atoms with E-state index in [1.807, 2.05) is 42.5 Å². The Hall–Kier alpha value is -4.62. The van der Waals surface area contributed by atoms with E-state index in [4.69, 9.17) is 16.8 Å². The fourth-order valence-corrected chi connectivity index (χ4v) is 5.29. The molecule has 162 valence electrons. The molecule has 0 aliphatic rings. The van der Waals surface area contributed by atoms with Gasteiger partial charge in [-0.3, -0.25) is 0 Å². The Morgan fingerprint density at radius 2 is 1.14 bits per heavy atom. The Balaban J connectivity index is 1.63. The largest absolute Gasteiger partial charge is 0.455 e. The number of hydrogen-bond acceptors (Lipinski definition) is 1. The molecule has 8 aromatic rings. The van der Waals surface area contributed by atoms with Crippen molar-refractivity contribution in [1.82, 2.24) is 0 Å². The van der Waals surface area contributed by atoms with Gasteiger partial charge in [0.05, 0.1) is 12.3 Å². The van der Waals surface area contributed by atoms with E-state index < -0.39 is 36.3 Å². The van der Waals surface area contributed by atoms with Gasteiger partial charge < -0.3 is 4.42 Å². The maximum Gasteiger partial charge on any atom is 0.143 e. The standard InChI is InChI=1S/C34H20O/c1-3-11-24-21(9-1)19-22-10-2-4-12-25(22)32(24)23-17-18-31-30(20-23)33-28-15-7-5-13-26(28)27-14-6-8-16-29(27)34(33)35-31/h1-20H/i1D,2D,3D,4D,9D,10D,11D,12D,19D. The molecule has 0 fully saturated rings. The fourth-order valence-electron chi connectivity index (χ4n) is 5.29. The molecule has 35 heavy (non-hydrogen) atoms. The molecule has 0 saturated heterocycles. The summed E-state index contributed by atoms with van der Waals surface area (Å²) in [7, 11) is 0. The average Bonchev–Trinajstić information content (AvgIpc) is 3.43. The first kappa shape index (κ1) is 12.2. The maximum atomic E-state index is 8.97. The first-order valence-electron chi connectivity index (χ1n) is 15.8. The van der Waals surface area contributed by atoms with Crippen LogP contribution in [0.15, 0.2) is 126 Å². The third kappa shape index (κ3) is 2.58. The van der Waals surface area contributed by atoms with Gasteiger partial charge in [0.2, 0.25) is 0 Å². The highest BCUT2D eigenvalue weighted by molar-refractivity contribution is 6.30. The summed E-state index contributed by atoms with van der Waals surface area (Å²) in [4.78, 5) is 0. The van der Waals surface area contributed by atoms with E-state index in [1.165, 1.54) is 0 Å². The Morgan fingerprint density at radius 3 is 1.86 bits per heavy atom. The van der Waals surface area contributed by atoms with Crippen LogP contribution in [-0.2, 0) is 0 Å². The minimum atomic E-state index is -0.517. The van der Waals surface area contributed by atoms with Crippen LogP contribution in [-0.4, -0.2) is 0 Å². The smallest absolute Gasteiger partial charge is 0.143 e. The predicted molar refractivity (Wildman–Crippen MR) is 149 cm³/mol. The molecule has 0 unspecified atom stereocenters. The van der Waals surface area contributed by atoms with E-state index >= 15 is 0 Å². The Labute approximate surface area is 214 Å². The molecule has 0 amide bonds. The van der Waals surface area contributed by atoms with E-state index in [-0.39, 0.29) is 45.2 Å². The molecule has 0 radical (unpaired) electrons. The molecule has 0 aliphatic heterocycles. The number of fused-ring (bicyclic) bond motifs is 10. The first-order valence-corrected chi connectivity index (χ1v) is 11.3. The summed E-state index contributed by atoms with van der Waals surface area (Å²) in [6.07, 6.45) is 0. The van der Waals surface area contributed by atoms with Crippen LogP contribution in [0.2, 0.25) is 0 Å². The maximum absolute atomic E-state index is 8.97. The minimum absolute atomic E-state index is 0.0287. The first-order chi connectivity index (χ1) is 21.1. The molecule has 1 heteroatoms. The third-order valence-corrected chi connectivity index (χ3v) is 6.76. The van der Waals surface area contributed by atoms with Gasteiger partial charge in [0.1, 0.15) is 11.2 Å². The molecule has 0 N–H and O–H groups in total. The van der Waals surface area contributed by atoms with Crippen molar-refractivity contribution in [2.24, 2.45) is 0 Å². The van der Waals surface area contributed by atoms with E-state index in [2.05, 4.69) is 12.1 Å². The van der Waals surface area contributed by atoms with Crippen LogP contribution in [0, 0.1) is 0 Å². The van der Waals surface area contributed by atoms with Gasteiger partial charge in [0, 0.05) is 16.2 Å². The zero-order valence-corrected chi connectivity index (χ0v) is 18.3. The lowest BCUT2D eigenvalue weighted by atomic mass is 9.91. The molecule has 1 nitrogen and oxygen atoms in total. The van der Waals surface area contributed by atoms with E-state index in [0.29, 0.717) is 16.7 Å². The molecule has 0 atom stereocenters. The molecular weight excluding hydrogens is 424 g/mol. The average molecular weight is 454 g/mol. The van der Waals surface area contributed by atoms with Gasteiger partial charge in [-0.25, -0.2) is 0 Å². The highest BCUT2D eigenvalue weighted by Crippen LogP contribution is 2.43. The van der Waals surface area contributed by atoms with Crippen LogP contribution in [0.3, 0.4) is 0 Å². The van der Waals surface area contributed by atoms with Gasteiger partial charge in [0.25, 0.3) is 0 Å². The fraction of sp³-hybridized carbons (Fsp3) is 0. The second kappa shape index (κ2) is 6.94. The SMILES string of the molecule is [2H]c1c([2H])c([2H])c2c(-c3ccc4oc5c6ccccc6c6ccccc6c5c4c3)c3c([2H])c([2H])c([2H])c([2H])c3c([2H])c2c1[2H]. The van der Waals surface area contributed by atoms with E-state index in [9.17, 15) is 0 Å². The minimum Gasteiger partial charge on any atom is -0.455 e. The zero-order chi connectivity index (χ0) is 30.8. The van der Waals surface area contributed by atoms with Crippen LogP contribution in [0.5, 0.6) is 0 Å². The summed E-state index contributed by atoms with van der Waals surface area (Å²) in [5.74, 6) is 0. The molecular formula is C34H20O. The number of benzene rings is 7. The van der Waals surface area contributed by atoms with E-state index in [1.54, 1.807) is 12.1 Å². The lowest BCUT2D eigenvalue weighted by Gasteiger charge is -2.12. The van der Waals surface area contributed by atoms with Crippen molar-refractivity contribution < 1.29 is 16.8 Å². The highest BCUT2D eigenvalue weighted by atomic mass is 16.3. The topological polar surface area (TPSA) is 13.1 Å². The monoisotopic (exact) mass is 453 g/mol. The third-order valence-electron chi connectivity index (χ3n) is 6.76. The van der Waals surface area contributed by atoms with Crippen LogP contribution in [0.25, 0.3) is 76.2 Å².